The Kier molecular flexibility index (Phi) is 8.07. The number of aliphatic hydroxyl groups excluding tert-OH is 2. The number of halogens is 1. The molecular formula is C29H33ClN4O4S. The molecular weight excluding hydrogens is 536 g/mol. The summed E-state index contributed by atoms with van der Waals surface area (Å²) in [6.07, 6.45) is -1.60. The third kappa shape index (κ3) is 5.60. The predicted molar refractivity (Wildman–Crippen MR) is 151 cm³/mol. The van der Waals surface area contributed by atoms with E-state index in [4.69, 9.17) is 11.6 Å². The fourth-order valence-corrected chi connectivity index (χ4v) is 6.60. The highest BCUT2D eigenvalue weighted by molar-refractivity contribution is 7.13. The number of nitrogens with zero attached hydrogens (tertiary/aromatic N) is 3. The van der Waals surface area contributed by atoms with E-state index in [-0.39, 0.29) is 30.7 Å². The van der Waals surface area contributed by atoms with Gasteiger partial charge < -0.3 is 20.4 Å². The fourth-order valence-electron chi connectivity index (χ4n) is 5.61. The SMILES string of the molecule is Cc1ncsc1-c1ccc(CNC(=O)[C@@H]2C[C@@H](O)CN2C(=O)[C@H](C(C)C)N2Cc3ccc(Cl)cc3C2O)cc1. The summed E-state index contributed by atoms with van der Waals surface area (Å²) in [6, 6.07) is 11.9. The number of thiazole rings is 1. The van der Waals surface area contributed by atoms with Crippen molar-refractivity contribution in [2.24, 2.45) is 5.92 Å². The molecule has 206 valence electrons. The Morgan fingerprint density at radius 1 is 1.18 bits per heavy atom. The molecule has 1 aromatic heterocycles. The van der Waals surface area contributed by atoms with Crippen molar-refractivity contribution in [2.75, 3.05) is 6.54 Å². The lowest BCUT2D eigenvalue weighted by Gasteiger charge is -2.36. The number of hydrogen-bond donors (Lipinski definition) is 3. The highest BCUT2D eigenvalue weighted by Crippen LogP contribution is 2.37. The summed E-state index contributed by atoms with van der Waals surface area (Å²) in [6.45, 7) is 6.60. The van der Waals surface area contributed by atoms with Crippen LogP contribution in [0, 0.1) is 12.8 Å². The van der Waals surface area contributed by atoms with Crippen molar-refractivity contribution in [3.8, 4) is 10.4 Å². The van der Waals surface area contributed by atoms with Crippen molar-refractivity contribution < 1.29 is 19.8 Å². The predicted octanol–water partition coefficient (Wildman–Crippen LogP) is 3.88. The van der Waals surface area contributed by atoms with Gasteiger partial charge in [0, 0.05) is 36.6 Å². The lowest BCUT2D eigenvalue weighted by molar-refractivity contribution is -0.149. The zero-order chi connectivity index (χ0) is 27.8. The van der Waals surface area contributed by atoms with Gasteiger partial charge in [0.1, 0.15) is 12.3 Å². The van der Waals surface area contributed by atoms with E-state index in [1.165, 1.54) is 4.90 Å². The Balaban J connectivity index is 1.27. The van der Waals surface area contributed by atoms with Crippen LogP contribution in [0.5, 0.6) is 0 Å². The average Bonchev–Trinajstić information content (AvgIpc) is 3.60. The van der Waals surface area contributed by atoms with Gasteiger partial charge in [0.25, 0.3) is 0 Å². The minimum Gasteiger partial charge on any atom is -0.391 e. The first-order valence-corrected chi connectivity index (χ1v) is 14.4. The molecule has 1 unspecified atom stereocenters. The number of β-amino-alcohol motifs (C(OH)–C–C–N with tert-alkyl or cyclic N) is 1. The number of amides is 2. The molecule has 0 spiro atoms. The van der Waals surface area contributed by atoms with Crippen LogP contribution in [-0.4, -0.2) is 61.5 Å². The van der Waals surface area contributed by atoms with Crippen molar-refractivity contribution in [3.05, 3.63) is 75.4 Å². The van der Waals surface area contributed by atoms with Crippen LogP contribution < -0.4 is 5.32 Å². The second kappa shape index (κ2) is 11.3. The molecule has 1 saturated heterocycles. The highest BCUT2D eigenvalue weighted by Gasteiger charge is 2.46. The van der Waals surface area contributed by atoms with E-state index in [9.17, 15) is 19.8 Å². The van der Waals surface area contributed by atoms with E-state index in [2.05, 4.69) is 10.3 Å². The van der Waals surface area contributed by atoms with Crippen LogP contribution >= 0.6 is 22.9 Å². The number of hydrogen-bond acceptors (Lipinski definition) is 7. The Morgan fingerprint density at radius 3 is 2.59 bits per heavy atom. The summed E-state index contributed by atoms with van der Waals surface area (Å²) in [5.74, 6) is -0.718. The van der Waals surface area contributed by atoms with Gasteiger partial charge in [0.15, 0.2) is 0 Å². The lowest BCUT2D eigenvalue weighted by atomic mass is 10.00. The molecule has 2 aliphatic rings. The van der Waals surface area contributed by atoms with E-state index < -0.39 is 24.4 Å². The number of benzene rings is 2. The number of likely N-dealkylation sites (tertiary alicyclic amines) is 1. The van der Waals surface area contributed by atoms with E-state index in [1.807, 2.05) is 56.6 Å². The van der Waals surface area contributed by atoms with Gasteiger partial charge in [0.05, 0.1) is 28.2 Å². The number of rotatable bonds is 7. The number of carbonyl (C=O) groups excluding carboxylic acids is 2. The molecule has 2 aromatic carbocycles. The minimum absolute atomic E-state index is 0.0751. The fraction of sp³-hybridized carbons (Fsp3) is 0.414. The third-order valence-electron chi connectivity index (χ3n) is 7.59. The summed E-state index contributed by atoms with van der Waals surface area (Å²) in [7, 11) is 0. The first kappa shape index (κ1) is 27.7. The van der Waals surface area contributed by atoms with Gasteiger partial charge in [-0.2, -0.15) is 0 Å². The molecule has 0 radical (unpaired) electrons. The zero-order valence-corrected chi connectivity index (χ0v) is 23.7. The number of aliphatic hydroxyl groups is 2. The van der Waals surface area contributed by atoms with Gasteiger partial charge in [0.2, 0.25) is 11.8 Å². The van der Waals surface area contributed by atoms with Crippen LogP contribution in [0.3, 0.4) is 0 Å². The molecule has 3 heterocycles. The monoisotopic (exact) mass is 568 g/mol. The molecule has 39 heavy (non-hydrogen) atoms. The number of carbonyl (C=O) groups is 2. The molecule has 3 aromatic rings. The lowest BCUT2D eigenvalue weighted by Crippen LogP contribution is -2.54. The van der Waals surface area contributed by atoms with Gasteiger partial charge in [-0.3, -0.25) is 14.5 Å². The topological polar surface area (TPSA) is 106 Å². The van der Waals surface area contributed by atoms with Crippen LogP contribution in [0.4, 0.5) is 0 Å². The summed E-state index contributed by atoms with van der Waals surface area (Å²) in [5, 5.41) is 25.0. The molecule has 0 aliphatic carbocycles. The molecule has 2 aliphatic heterocycles. The molecule has 0 saturated carbocycles. The number of aryl methyl sites for hydroxylation is 1. The number of aromatic nitrogens is 1. The van der Waals surface area contributed by atoms with E-state index in [1.54, 1.807) is 28.4 Å². The Labute approximate surface area is 237 Å². The van der Waals surface area contributed by atoms with Gasteiger partial charge >= 0.3 is 0 Å². The van der Waals surface area contributed by atoms with Crippen LogP contribution in [0.25, 0.3) is 10.4 Å². The van der Waals surface area contributed by atoms with Crippen molar-refractivity contribution in [2.45, 2.75) is 64.7 Å². The maximum atomic E-state index is 13.9. The van der Waals surface area contributed by atoms with Crippen molar-refractivity contribution in [1.29, 1.82) is 0 Å². The van der Waals surface area contributed by atoms with Gasteiger partial charge in [-0.1, -0.05) is 55.8 Å². The molecule has 4 atom stereocenters. The average molecular weight is 569 g/mol. The molecule has 5 rings (SSSR count). The van der Waals surface area contributed by atoms with Crippen molar-refractivity contribution in [1.82, 2.24) is 20.1 Å². The van der Waals surface area contributed by atoms with E-state index >= 15 is 0 Å². The van der Waals surface area contributed by atoms with Crippen LogP contribution in [0.15, 0.2) is 48.0 Å². The molecule has 3 N–H and O–H groups in total. The molecule has 2 amide bonds. The van der Waals surface area contributed by atoms with Crippen molar-refractivity contribution >= 4 is 34.8 Å². The largest absolute Gasteiger partial charge is 0.391 e. The van der Waals surface area contributed by atoms with Crippen molar-refractivity contribution in [3.63, 3.8) is 0 Å². The first-order valence-electron chi connectivity index (χ1n) is 13.1. The molecule has 8 nitrogen and oxygen atoms in total. The van der Waals surface area contributed by atoms with Gasteiger partial charge in [-0.05, 0) is 41.7 Å². The zero-order valence-electron chi connectivity index (χ0n) is 22.2. The van der Waals surface area contributed by atoms with Crippen LogP contribution in [0.2, 0.25) is 5.02 Å². The maximum absolute atomic E-state index is 13.9. The normalized spacial score (nSPS) is 21.8. The highest BCUT2D eigenvalue weighted by atomic mass is 35.5. The van der Waals surface area contributed by atoms with Crippen LogP contribution in [-0.2, 0) is 22.7 Å². The Bertz CT molecular complexity index is 1360. The molecule has 10 heteroatoms. The standard InChI is InChI=1S/C29H33ClN4O4S/c1-16(2)25(34-13-20-8-9-21(30)10-23(20)28(34)37)29(38)33-14-22(35)11-24(33)27(36)31-12-18-4-6-19(7-5-18)26-17(3)32-15-39-26/h4-10,15-16,22,24-25,28,35,37H,11-14H2,1-3H3,(H,31,36)/t22-,24+,25+,28?/m1/s1. The second-order valence-corrected chi connectivity index (χ2v) is 11.9. The quantitative estimate of drug-likeness (QED) is 0.399. The maximum Gasteiger partial charge on any atom is 0.243 e. The van der Waals surface area contributed by atoms with E-state index in [0.717, 1.165) is 27.3 Å². The summed E-state index contributed by atoms with van der Waals surface area (Å²) < 4.78 is 0. The Morgan fingerprint density at radius 2 is 1.92 bits per heavy atom. The molecule has 0 bridgehead atoms. The van der Waals surface area contributed by atoms with Gasteiger partial charge in [-0.15, -0.1) is 11.3 Å². The summed E-state index contributed by atoms with van der Waals surface area (Å²) in [4.78, 5) is 35.8. The number of fused-ring (bicyclic) bond motifs is 1. The Hall–Kier alpha value is -2.82. The summed E-state index contributed by atoms with van der Waals surface area (Å²) >= 11 is 7.74. The minimum atomic E-state index is -0.980. The second-order valence-electron chi connectivity index (χ2n) is 10.7. The third-order valence-corrected chi connectivity index (χ3v) is 8.80. The van der Waals surface area contributed by atoms with Gasteiger partial charge in [-0.25, -0.2) is 4.98 Å². The smallest absolute Gasteiger partial charge is 0.243 e. The molecule has 1 fully saturated rings. The van der Waals surface area contributed by atoms with Crippen LogP contribution in [0.1, 0.15) is 48.9 Å². The summed E-state index contributed by atoms with van der Waals surface area (Å²) in [5.41, 5.74) is 6.42. The van der Waals surface area contributed by atoms with E-state index in [0.29, 0.717) is 23.7 Å². The number of nitrogens with one attached hydrogen (secondary N) is 1. The first-order chi connectivity index (χ1) is 18.6.